The second-order valence-electron chi connectivity index (χ2n) is 10.9. The van der Waals surface area contributed by atoms with Gasteiger partial charge in [0.25, 0.3) is 5.91 Å². The molecule has 1 N–H and O–H groups in total. The number of likely N-dealkylation sites (tertiary alicyclic amines) is 1. The summed E-state index contributed by atoms with van der Waals surface area (Å²) < 4.78 is 6.69. The minimum Gasteiger partial charge on any atom is -0.394 e. The lowest BCUT2D eigenvalue weighted by atomic mass is 9.70. The molecule has 0 aromatic heterocycles. The molecule has 0 radical (unpaired) electrons. The van der Waals surface area contributed by atoms with Gasteiger partial charge in [-0.3, -0.25) is 14.4 Å². The van der Waals surface area contributed by atoms with Crippen molar-refractivity contribution < 1.29 is 24.2 Å². The molecule has 3 saturated heterocycles. The van der Waals surface area contributed by atoms with E-state index in [0.29, 0.717) is 29.2 Å². The molecule has 7 atom stereocenters. The van der Waals surface area contributed by atoms with Crippen LogP contribution in [0.5, 0.6) is 0 Å². The summed E-state index contributed by atoms with van der Waals surface area (Å²) in [6.07, 6.45) is 3.43. The third-order valence-corrected chi connectivity index (χ3v) is 9.78. The summed E-state index contributed by atoms with van der Waals surface area (Å²) in [5.74, 6) is -2.71. The van der Waals surface area contributed by atoms with Crippen LogP contribution in [-0.2, 0) is 19.1 Å². The zero-order valence-corrected chi connectivity index (χ0v) is 25.8. The van der Waals surface area contributed by atoms with Gasteiger partial charge in [-0.25, -0.2) is 0 Å². The van der Waals surface area contributed by atoms with Crippen LogP contribution in [0, 0.1) is 11.8 Å². The number of hydrogen-bond acceptors (Lipinski definition) is 5. The van der Waals surface area contributed by atoms with Crippen molar-refractivity contribution >= 4 is 56.6 Å². The van der Waals surface area contributed by atoms with E-state index in [0.717, 1.165) is 0 Å². The average Bonchev–Trinajstić information content (AvgIpc) is 3.59. The van der Waals surface area contributed by atoms with E-state index >= 15 is 0 Å². The van der Waals surface area contributed by atoms with Crippen molar-refractivity contribution in [1.82, 2.24) is 4.90 Å². The lowest BCUT2D eigenvalue weighted by Gasteiger charge is -2.39. The second kappa shape index (κ2) is 12.3. The van der Waals surface area contributed by atoms with Crippen molar-refractivity contribution in [2.45, 2.75) is 48.4 Å². The van der Waals surface area contributed by atoms with Crippen molar-refractivity contribution in [3.63, 3.8) is 0 Å². The Labute approximate surface area is 259 Å². The van der Waals surface area contributed by atoms with Gasteiger partial charge < -0.3 is 24.5 Å². The van der Waals surface area contributed by atoms with Gasteiger partial charge in [0.15, 0.2) is 0 Å². The molecule has 8 nitrogen and oxygen atoms in total. The maximum atomic E-state index is 14.6. The number of halogens is 2. The zero-order valence-electron chi connectivity index (χ0n) is 23.4. The minimum absolute atomic E-state index is 0.181. The van der Waals surface area contributed by atoms with E-state index in [1.54, 1.807) is 46.2 Å². The van der Waals surface area contributed by atoms with Gasteiger partial charge in [-0.05, 0) is 49.2 Å². The van der Waals surface area contributed by atoms with Gasteiger partial charge in [-0.2, -0.15) is 0 Å². The third kappa shape index (κ3) is 4.90. The van der Waals surface area contributed by atoms with Crippen LogP contribution in [0.1, 0.15) is 19.8 Å². The molecule has 3 amide bonds. The Bertz CT molecular complexity index is 1350. The average molecular weight is 657 g/mol. The van der Waals surface area contributed by atoms with Crippen LogP contribution in [-0.4, -0.2) is 76.0 Å². The molecule has 3 heterocycles. The molecule has 5 rings (SSSR count). The van der Waals surface area contributed by atoms with E-state index in [4.69, 9.17) is 16.3 Å². The Morgan fingerprint density at radius 3 is 2.26 bits per heavy atom. The van der Waals surface area contributed by atoms with Crippen LogP contribution >= 0.6 is 27.5 Å². The van der Waals surface area contributed by atoms with Gasteiger partial charge in [0, 0.05) is 34.3 Å². The van der Waals surface area contributed by atoms with Crippen LogP contribution in [0.3, 0.4) is 0 Å². The molecule has 1 spiro atoms. The van der Waals surface area contributed by atoms with Crippen molar-refractivity contribution in [3.8, 4) is 0 Å². The van der Waals surface area contributed by atoms with Crippen LogP contribution < -0.4 is 9.80 Å². The molecule has 0 aliphatic carbocycles. The number of hydrogen-bond donors (Lipinski definition) is 1. The molecule has 222 valence electrons. The SMILES string of the molecule is C=CCN(C(=O)C1N([C@@H](CC)CO)C(=O)[C@@H]2[C@@H](C(=O)N(CC=C)c3ccccc3)[C@@H]3OC12CC3Br)c1ccc(Cl)cc1. The number of aliphatic hydroxyl groups excluding tert-OH is 1. The summed E-state index contributed by atoms with van der Waals surface area (Å²) in [5, 5.41) is 10.9. The number of benzene rings is 2. The van der Waals surface area contributed by atoms with Crippen molar-refractivity contribution in [2.75, 3.05) is 29.5 Å². The fraction of sp³-hybridized carbons (Fsp3) is 0.406. The van der Waals surface area contributed by atoms with Crippen LogP contribution in [0.4, 0.5) is 11.4 Å². The number of rotatable bonds is 11. The Kier molecular flexibility index (Phi) is 8.94. The molecule has 3 aliphatic heterocycles. The highest BCUT2D eigenvalue weighted by Crippen LogP contribution is 2.61. The minimum atomic E-state index is -1.27. The van der Waals surface area contributed by atoms with Gasteiger partial charge in [0.05, 0.1) is 30.6 Å². The molecular formula is C32H35BrClN3O5. The number of amides is 3. The summed E-state index contributed by atoms with van der Waals surface area (Å²) in [6, 6.07) is 14.4. The number of nitrogens with zero attached hydrogens (tertiary/aromatic N) is 3. The quantitative estimate of drug-likeness (QED) is 0.282. The van der Waals surface area contributed by atoms with E-state index < -0.39 is 35.6 Å². The van der Waals surface area contributed by atoms with Gasteiger partial charge in [0.2, 0.25) is 11.8 Å². The monoisotopic (exact) mass is 655 g/mol. The highest BCUT2D eigenvalue weighted by Gasteiger charge is 2.77. The molecule has 0 saturated carbocycles. The van der Waals surface area contributed by atoms with Crippen LogP contribution in [0.25, 0.3) is 0 Å². The molecule has 3 aliphatic rings. The summed E-state index contributed by atoms with van der Waals surface area (Å²) in [7, 11) is 0. The number of alkyl halides is 1. The topological polar surface area (TPSA) is 90.4 Å². The molecule has 10 heteroatoms. The Morgan fingerprint density at radius 2 is 1.69 bits per heavy atom. The van der Waals surface area contributed by atoms with E-state index in [1.807, 2.05) is 37.3 Å². The Morgan fingerprint density at radius 1 is 1.10 bits per heavy atom. The second-order valence-corrected chi connectivity index (χ2v) is 12.6. The van der Waals surface area contributed by atoms with Gasteiger partial charge >= 0.3 is 0 Å². The van der Waals surface area contributed by atoms with Gasteiger partial charge in [-0.15, -0.1) is 13.2 Å². The molecule has 2 aromatic rings. The first-order chi connectivity index (χ1) is 20.2. The van der Waals surface area contributed by atoms with Gasteiger partial charge in [-0.1, -0.05) is 64.8 Å². The van der Waals surface area contributed by atoms with Crippen molar-refractivity contribution in [2.24, 2.45) is 11.8 Å². The molecule has 42 heavy (non-hydrogen) atoms. The lowest BCUT2D eigenvalue weighted by molar-refractivity contribution is -0.144. The predicted octanol–water partition coefficient (Wildman–Crippen LogP) is 4.60. The largest absolute Gasteiger partial charge is 0.394 e. The smallest absolute Gasteiger partial charge is 0.253 e. The summed E-state index contributed by atoms with van der Waals surface area (Å²) >= 11 is 9.86. The summed E-state index contributed by atoms with van der Waals surface area (Å²) in [6.45, 7) is 9.64. The first kappa shape index (κ1) is 30.5. The van der Waals surface area contributed by atoms with E-state index in [9.17, 15) is 19.5 Å². The highest BCUT2D eigenvalue weighted by molar-refractivity contribution is 9.09. The molecule has 3 unspecified atom stereocenters. The van der Waals surface area contributed by atoms with E-state index in [2.05, 4.69) is 29.1 Å². The molecule has 2 aromatic carbocycles. The lowest BCUT2D eigenvalue weighted by Crippen LogP contribution is -2.59. The first-order valence-corrected chi connectivity index (χ1v) is 15.4. The zero-order chi connectivity index (χ0) is 30.2. The third-order valence-electron chi connectivity index (χ3n) is 8.68. The summed E-state index contributed by atoms with van der Waals surface area (Å²) in [5.41, 5.74) is 0.00513. The molecule has 2 bridgehead atoms. The standard InChI is InChI=1S/C32H35BrClN3O5/c1-4-16-35(22-10-8-7-9-11-22)29(39)25-26-30(40)37(21(6-3)19-38)28(32(26)18-24(33)27(25)42-32)31(41)36(17-5-2)23-14-12-20(34)13-15-23/h4-5,7-15,21,24-28,38H,1-2,6,16-19H2,3H3/t21-,24?,25+,26-,27+,28?,32?/m0/s1. The number of fused-ring (bicyclic) bond motifs is 1. The fourth-order valence-corrected chi connectivity index (χ4v) is 7.96. The highest BCUT2D eigenvalue weighted by atomic mass is 79.9. The predicted molar refractivity (Wildman–Crippen MR) is 167 cm³/mol. The summed E-state index contributed by atoms with van der Waals surface area (Å²) in [4.78, 5) is 47.9. The molecule has 3 fully saturated rings. The van der Waals surface area contributed by atoms with Crippen LogP contribution in [0.2, 0.25) is 5.02 Å². The Balaban J connectivity index is 1.61. The fourth-order valence-electron chi connectivity index (χ4n) is 6.90. The van der Waals surface area contributed by atoms with Crippen LogP contribution in [0.15, 0.2) is 79.9 Å². The number of carbonyl (C=O) groups excluding carboxylic acids is 3. The molecular weight excluding hydrogens is 622 g/mol. The van der Waals surface area contributed by atoms with Crippen molar-refractivity contribution in [1.29, 1.82) is 0 Å². The number of carbonyl (C=O) groups is 3. The number of aliphatic hydroxyl groups is 1. The number of anilines is 2. The maximum absolute atomic E-state index is 14.6. The van der Waals surface area contributed by atoms with Crippen molar-refractivity contribution in [3.05, 3.63) is 84.9 Å². The number of ether oxygens (including phenoxy) is 1. The number of para-hydroxylation sites is 1. The first-order valence-electron chi connectivity index (χ1n) is 14.1. The Hall–Kier alpha value is -2.98. The maximum Gasteiger partial charge on any atom is 0.253 e. The normalized spacial score (nSPS) is 28.3. The van der Waals surface area contributed by atoms with E-state index in [1.165, 1.54) is 4.90 Å². The van der Waals surface area contributed by atoms with E-state index in [-0.39, 0.29) is 42.2 Å². The van der Waals surface area contributed by atoms with Gasteiger partial charge in [0.1, 0.15) is 11.6 Å².